The van der Waals surface area contributed by atoms with Gasteiger partial charge in [0.1, 0.15) is 15.6 Å². The summed E-state index contributed by atoms with van der Waals surface area (Å²) in [6.45, 7) is 2.70. The Morgan fingerprint density at radius 3 is 2.64 bits per heavy atom. The molecule has 22 heavy (non-hydrogen) atoms. The van der Waals surface area contributed by atoms with E-state index in [1.807, 2.05) is 35.8 Å². The highest BCUT2D eigenvalue weighted by Crippen LogP contribution is 2.30. The highest BCUT2D eigenvalue weighted by atomic mass is 32.2. The maximum atomic E-state index is 11.2. The Morgan fingerprint density at radius 2 is 2.00 bits per heavy atom. The van der Waals surface area contributed by atoms with E-state index in [-0.39, 0.29) is 5.75 Å². The highest BCUT2D eigenvalue weighted by Gasteiger charge is 2.16. The summed E-state index contributed by atoms with van der Waals surface area (Å²) in [5.74, 6) is 2.04. The number of benzene rings is 1. The summed E-state index contributed by atoms with van der Waals surface area (Å²) in [7, 11) is -1.35. The van der Waals surface area contributed by atoms with Crippen molar-refractivity contribution in [1.82, 2.24) is 14.8 Å². The predicted molar refractivity (Wildman–Crippen MR) is 88.1 cm³/mol. The molecule has 1 aromatic heterocycles. The smallest absolute Gasteiger partial charge is 0.191 e. The van der Waals surface area contributed by atoms with Crippen molar-refractivity contribution in [1.29, 1.82) is 0 Å². The second kappa shape index (κ2) is 7.15. The van der Waals surface area contributed by atoms with Gasteiger partial charge in [-0.25, -0.2) is 8.42 Å². The van der Waals surface area contributed by atoms with Crippen LogP contribution in [-0.2, 0) is 16.4 Å². The van der Waals surface area contributed by atoms with Crippen LogP contribution in [-0.4, -0.2) is 48.1 Å². The lowest BCUT2D eigenvalue weighted by atomic mass is 10.2. The van der Waals surface area contributed by atoms with E-state index in [1.165, 1.54) is 18.0 Å². The molecule has 1 heterocycles. The molecule has 0 bridgehead atoms. The minimum atomic E-state index is -2.97. The third-order valence-electron chi connectivity index (χ3n) is 3.07. The van der Waals surface area contributed by atoms with Crippen molar-refractivity contribution in [2.45, 2.75) is 18.6 Å². The molecule has 0 atom stereocenters. The van der Waals surface area contributed by atoms with E-state index in [0.717, 1.165) is 17.1 Å². The van der Waals surface area contributed by atoms with Crippen LogP contribution in [0.2, 0.25) is 0 Å². The SMILES string of the molecule is CCn1c(SCCS(C)(=O)=O)nnc1-c1ccccc1OC. The van der Waals surface area contributed by atoms with E-state index in [2.05, 4.69) is 10.2 Å². The Bertz CT molecular complexity index is 742. The van der Waals surface area contributed by atoms with Crippen molar-refractivity contribution in [2.75, 3.05) is 24.9 Å². The number of thioether (sulfide) groups is 1. The topological polar surface area (TPSA) is 74.1 Å². The normalized spacial score (nSPS) is 11.6. The number of sulfone groups is 1. The van der Waals surface area contributed by atoms with Crippen LogP contribution >= 0.6 is 11.8 Å². The number of rotatable bonds is 7. The molecule has 8 heteroatoms. The number of hydrogen-bond acceptors (Lipinski definition) is 6. The van der Waals surface area contributed by atoms with Gasteiger partial charge >= 0.3 is 0 Å². The maximum absolute atomic E-state index is 11.2. The summed E-state index contributed by atoms with van der Waals surface area (Å²) in [5.41, 5.74) is 0.870. The van der Waals surface area contributed by atoms with E-state index in [4.69, 9.17) is 4.74 Å². The molecule has 6 nitrogen and oxygen atoms in total. The van der Waals surface area contributed by atoms with Gasteiger partial charge in [0.05, 0.1) is 18.4 Å². The van der Waals surface area contributed by atoms with Crippen LogP contribution in [0.3, 0.4) is 0 Å². The second-order valence-electron chi connectivity index (χ2n) is 4.73. The van der Waals surface area contributed by atoms with Gasteiger partial charge in [0.2, 0.25) is 0 Å². The third-order valence-corrected chi connectivity index (χ3v) is 5.24. The first-order chi connectivity index (χ1) is 10.5. The average Bonchev–Trinajstić information content (AvgIpc) is 2.88. The van der Waals surface area contributed by atoms with Gasteiger partial charge in [0, 0.05) is 18.6 Å². The van der Waals surface area contributed by atoms with Gasteiger partial charge < -0.3 is 9.30 Å². The fraction of sp³-hybridized carbons (Fsp3) is 0.429. The van der Waals surface area contributed by atoms with Crippen LogP contribution in [0.1, 0.15) is 6.92 Å². The van der Waals surface area contributed by atoms with Crippen LogP contribution in [0.5, 0.6) is 5.75 Å². The lowest BCUT2D eigenvalue weighted by molar-refractivity contribution is 0.416. The fourth-order valence-corrected chi connectivity index (χ4v) is 4.19. The molecule has 0 unspecified atom stereocenters. The molecule has 0 aliphatic rings. The molecule has 0 radical (unpaired) electrons. The van der Waals surface area contributed by atoms with Gasteiger partial charge in [0.25, 0.3) is 0 Å². The molecule has 0 spiro atoms. The molecule has 0 aliphatic heterocycles. The van der Waals surface area contributed by atoms with E-state index >= 15 is 0 Å². The lowest BCUT2D eigenvalue weighted by Gasteiger charge is -2.10. The van der Waals surface area contributed by atoms with E-state index < -0.39 is 9.84 Å². The zero-order valence-electron chi connectivity index (χ0n) is 12.8. The van der Waals surface area contributed by atoms with E-state index in [1.54, 1.807) is 7.11 Å². The van der Waals surface area contributed by atoms with Crippen molar-refractivity contribution in [3.8, 4) is 17.1 Å². The van der Waals surface area contributed by atoms with Gasteiger partial charge in [-0.1, -0.05) is 23.9 Å². The van der Waals surface area contributed by atoms with Gasteiger partial charge in [-0.3, -0.25) is 0 Å². The second-order valence-corrected chi connectivity index (χ2v) is 8.05. The average molecular weight is 341 g/mol. The molecule has 120 valence electrons. The predicted octanol–water partition coefficient (Wildman–Crippen LogP) is 2.11. The molecule has 0 saturated heterocycles. The molecular weight excluding hydrogens is 322 g/mol. The molecule has 2 rings (SSSR count). The van der Waals surface area contributed by atoms with Gasteiger partial charge in [0.15, 0.2) is 11.0 Å². The van der Waals surface area contributed by atoms with Gasteiger partial charge in [-0.05, 0) is 19.1 Å². The van der Waals surface area contributed by atoms with Crippen molar-refractivity contribution >= 4 is 21.6 Å². The molecular formula is C14H19N3O3S2. The summed E-state index contributed by atoms with van der Waals surface area (Å²) in [5, 5.41) is 9.14. The zero-order chi connectivity index (χ0) is 16.2. The molecule has 1 aromatic carbocycles. The number of methoxy groups -OCH3 is 1. The maximum Gasteiger partial charge on any atom is 0.191 e. The molecule has 0 amide bonds. The molecule has 0 N–H and O–H groups in total. The lowest BCUT2D eigenvalue weighted by Crippen LogP contribution is -2.06. The number of nitrogens with zero attached hydrogens (tertiary/aromatic N) is 3. The zero-order valence-corrected chi connectivity index (χ0v) is 14.4. The Morgan fingerprint density at radius 1 is 1.27 bits per heavy atom. The van der Waals surface area contributed by atoms with Crippen LogP contribution in [0.4, 0.5) is 0 Å². The van der Waals surface area contributed by atoms with Crippen LogP contribution in [0.15, 0.2) is 29.4 Å². The summed E-state index contributed by atoms with van der Waals surface area (Å²) < 4.78 is 29.8. The summed E-state index contributed by atoms with van der Waals surface area (Å²) in [6, 6.07) is 7.63. The van der Waals surface area contributed by atoms with Crippen LogP contribution in [0, 0.1) is 0 Å². The number of hydrogen-bond donors (Lipinski definition) is 0. The minimum Gasteiger partial charge on any atom is -0.496 e. The largest absolute Gasteiger partial charge is 0.496 e. The number of ether oxygens (including phenoxy) is 1. The summed E-state index contributed by atoms with van der Waals surface area (Å²) in [4.78, 5) is 0. The first kappa shape index (κ1) is 16.8. The Hall–Kier alpha value is -1.54. The molecule has 0 fully saturated rings. The first-order valence-corrected chi connectivity index (χ1v) is 9.88. The highest BCUT2D eigenvalue weighted by molar-refractivity contribution is 8.00. The monoisotopic (exact) mass is 341 g/mol. The molecule has 0 saturated carbocycles. The van der Waals surface area contributed by atoms with Crippen molar-refractivity contribution in [3.63, 3.8) is 0 Å². The Balaban J connectivity index is 2.27. The van der Waals surface area contributed by atoms with Crippen molar-refractivity contribution in [3.05, 3.63) is 24.3 Å². The quantitative estimate of drug-likeness (QED) is 0.718. The molecule has 0 aliphatic carbocycles. The summed E-state index contributed by atoms with van der Waals surface area (Å²) in [6.07, 6.45) is 1.23. The van der Waals surface area contributed by atoms with Gasteiger partial charge in [-0.2, -0.15) is 0 Å². The standard InChI is InChI=1S/C14H19N3O3S2/c1-4-17-13(11-7-5-6-8-12(11)20-2)15-16-14(17)21-9-10-22(3,18)19/h5-8H,4,9-10H2,1-3H3. The van der Waals surface area contributed by atoms with Gasteiger partial charge in [-0.15, -0.1) is 10.2 Å². The van der Waals surface area contributed by atoms with E-state index in [9.17, 15) is 8.42 Å². The number of para-hydroxylation sites is 1. The number of aromatic nitrogens is 3. The molecule has 2 aromatic rings. The minimum absolute atomic E-state index is 0.123. The van der Waals surface area contributed by atoms with Crippen LogP contribution < -0.4 is 4.74 Å². The van der Waals surface area contributed by atoms with Crippen molar-refractivity contribution in [2.24, 2.45) is 0 Å². The first-order valence-electron chi connectivity index (χ1n) is 6.83. The van der Waals surface area contributed by atoms with Crippen molar-refractivity contribution < 1.29 is 13.2 Å². The Labute approximate surface area is 134 Å². The third kappa shape index (κ3) is 4.01. The Kier molecular flexibility index (Phi) is 5.47. The van der Waals surface area contributed by atoms with Crippen LogP contribution in [0.25, 0.3) is 11.4 Å². The summed E-state index contributed by atoms with van der Waals surface area (Å²) >= 11 is 1.40. The van der Waals surface area contributed by atoms with E-state index in [0.29, 0.717) is 17.5 Å². The fourth-order valence-electron chi connectivity index (χ4n) is 1.99.